The molecule has 3 rings (SSSR count). The number of nitrogens with zero attached hydrogens (tertiary/aromatic N) is 1. The van der Waals surface area contributed by atoms with Gasteiger partial charge in [-0.3, -0.25) is 4.79 Å². The third-order valence-corrected chi connectivity index (χ3v) is 4.82. The summed E-state index contributed by atoms with van der Waals surface area (Å²) in [6.07, 6.45) is 1.70. The van der Waals surface area contributed by atoms with Crippen molar-refractivity contribution >= 4 is 5.97 Å². The Morgan fingerprint density at radius 2 is 2.14 bits per heavy atom. The third-order valence-electron chi connectivity index (χ3n) is 4.82. The summed E-state index contributed by atoms with van der Waals surface area (Å²) in [4.78, 5) is 13.9. The predicted octanol–water partition coefficient (Wildman–Crippen LogP) is 1.36. The number of ether oxygens (including phenoxy) is 1. The molecule has 2 heterocycles. The maximum Gasteiger partial charge on any atom is 0.313 e. The lowest BCUT2D eigenvalue weighted by atomic mass is 9.76. The van der Waals surface area contributed by atoms with Crippen LogP contribution >= 0.6 is 0 Å². The molecular weight excluding hydrogens is 270 g/mol. The molecule has 0 radical (unpaired) electrons. The van der Waals surface area contributed by atoms with Crippen LogP contribution in [0.1, 0.15) is 12.0 Å². The van der Waals surface area contributed by atoms with Crippen LogP contribution in [0.15, 0.2) is 24.3 Å². The summed E-state index contributed by atoms with van der Waals surface area (Å²) < 4.78 is 5.44. The Hall–Kier alpha value is -1.59. The smallest absolute Gasteiger partial charge is 0.313 e. The van der Waals surface area contributed by atoms with E-state index in [2.05, 4.69) is 4.90 Å². The molecule has 2 atom stereocenters. The molecule has 1 aromatic carbocycles. The number of carboxylic acids is 1. The van der Waals surface area contributed by atoms with Gasteiger partial charge in [0.1, 0.15) is 11.2 Å². The Bertz CT molecular complexity index is 516. The molecule has 21 heavy (non-hydrogen) atoms. The van der Waals surface area contributed by atoms with Gasteiger partial charge in [-0.05, 0) is 36.5 Å². The third kappa shape index (κ3) is 2.76. The van der Waals surface area contributed by atoms with Gasteiger partial charge in [-0.15, -0.1) is 0 Å². The summed E-state index contributed by atoms with van der Waals surface area (Å²) in [5, 5.41) is 18.9. The van der Waals surface area contributed by atoms with E-state index in [0.29, 0.717) is 19.8 Å². The van der Waals surface area contributed by atoms with E-state index in [1.54, 1.807) is 12.1 Å². The Kier molecular flexibility index (Phi) is 3.87. The highest BCUT2D eigenvalue weighted by molar-refractivity contribution is 5.76. The fourth-order valence-electron chi connectivity index (χ4n) is 3.51. The molecule has 1 aromatic rings. The van der Waals surface area contributed by atoms with Crippen LogP contribution in [0.25, 0.3) is 0 Å². The molecule has 2 saturated heterocycles. The van der Waals surface area contributed by atoms with Crippen molar-refractivity contribution in [3.05, 3.63) is 29.8 Å². The zero-order valence-corrected chi connectivity index (χ0v) is 12.0. The lowest BCUT2D eigenvalue weighted by molar-refractivity contribution is -0.159. The minimum atomic E-state index is -0.723. The fraction of sp³-hybridized carbons (Fsp3) is 0.562. The van der Waals surface area contributed by atoms with Gasteiger partial charge in [0.2, 0.25) is 0 Å². The van der Waals surface area contributed by atoms with Crippen molar-refractivity contribution in [1.82, 2.24) is 4.90 Å². The normalized spacial score (nSPS) is 29.2. The van der Waals surface area contributed by atoms with Crippen molar-refractivity contribution < 1.29 is 19.7 Å². The number of hydrogen-bond acceptors (Lipinski definition) is 4. The number of aliphatic carboxylic acids is 1. The lowest BCUT2D eigenvalue weighted by Crippen LogP contribution is -2.46. The van der Waals surface area contributed by atoms with Gasteiger partial charge in [-0.1, -0.05) is 12.1 Å². The first-order valence-corrected chi connectivity index (χ1v) is 7.41. The molecule has 0 unspecified atom stereocenters. The van der Waals surface area contributed by atoms with Gasteiger partial charge in [-0.25, -0.2) is 0 Å². The second-order valence-corrected chi connectivity index (χ2v) is 6.15. The molecule has 2 N–H and O–H groups in total. The van der Waals surface area contributed by atoms with Crippen molar-refractivity contribution in [2.45, 2.75) is 12.8 Å². The standard InChI is InChI=1S/C16H21NO4/c18-14-3-1-12(2-4-14)5-7-17-9-13-6-8-21-11-16(13,10-17)15(19)20/h1-4,13,18H,5-11H2,(H,19,20)/t13-,16+/m0/s1. The lowest BCUT2D eigenvalue weighted by Gasteiger charge is -2.34. The number of rotatable bonds is 4. The van der Waals surface area contributed by atoms with Gasteiger partial charge in [0.15, 0.2) is 0 Å². The average Bonchev–Trinajstić information content (AvgIpc) is 2.86. The molecule has 2 fully saturated rings. The molecule has 5 heteroatoms. The summed E-state index contributed by atoms with van der Waals surface area (Å²) >= 11 is 0. The maximum absolute atomic E-state index is 11.7. The van der Waals surface area contributed by atoms with Crippen LogP contribution in [0.2, 0.25) is 0 Å². The quantitative estimate of drug-likeness (QED) is 0.876. The number of likely N-dealkylation sites (tertiary alicyclic amines) is 1. The minimum Gasteiger partial charge on any atom is -0.508 e. The molecule has 2 aliphatic heterocycles. The van der Waals surface area contributed by atoms with Gasteiger partial charge in [-0.2, -0.15) is 0 Å². The van der Waals surface area contributed by atoms with Crippen LogP contribution in [0.5, 0.6) is 5.75 Å². The Balaban J connectivity index is 1.63. The Morgan fingerprint density at radius 1 is 1.38 bits per heavy atom. The van der Waals surface area contributed by atoms with Gasteiger partial charge in [0, 0.05) is 26.2 Å². The first kappa shape index (κ1) is 14.4. The molecule has 0 bridgehead atoms. The Morgan fingerprint density at radius 3 is 2.81 bits per heavy atom. The van der Waals surface area contributed by atoms with Crippen LogP contribution in [0.4, 0.5) is 0 Å². The molecule has 0 aromatic heterocycles. The highest BCUT2D eigenvalue weighted by Gasteiger charge is 2.53. The van der Waals surface area contributed by atoms with Crippen LogP contribution in [0, 0.1) is 11.3 Å². The summed E-state index contributed by atoms with van der Waals surface area (Å²) in [6.45, 7) is 3.27. The second-order valence-electron chi connectivity index (χ2n) is 6.15. The van der Waals surface area contributed by atoms with E-state index in [-0.39, 0.29) is 11.7 Å². The van der Waals surface area contributed by atoms with Crippen LogP contribution in [-0.2, 0) is 16.0 Å². The maximum atomic E-state index is 11.7. The fourth-order valence-corrected chi connectivity index (χ4v) is 3.51. The van der Waals surface area contributed by atoms with Crippen LogP contribution < -0.4 is 0 Å². The van der Waals surface area contributed by atoms with Crippen molar-refractivity contribution in [2.24, 2.45) is 11.3 Å². The number of carboxylic acid groups (broad SMARTS) is 1. The largest absolute Gasteiger partial charge is 0.508 e. The number of hydrogen-bond donors (Lipinski definition) is 2. The first-order chi connectivity index (χ1) is 10.1. The van der Waals surface area contributed by atoms with Crippen molar-refractivity contribution in [3.63, 3.8) is 0 Å². The van der Waals surface area contributed by atoms with E-state index in [1.807, 2.05) is 12.1 Å². The molecule has 0 spiro atoms. The number of aromatic hydroxyl groups is 1. The topological polar surface area (TPSA) is 70.0 Å². The molecule has 0 aliphatic carbocycles. The zero-order chi connectivity index (χ0) is 14.9. The highest BCUT2D eigenvalue weighted by Crippen LogP contribution is 2.41. The zero-order valence-electron chi connectivity index (χ0n) is 12.0. The van der Waals surface area contributed by atoms with E-state index >= 15 is 0 Å². The number of carbonyl (C=O) groups is 1. The minimum absolute atomic E-state index is 0.198. The SMILES string of the molecule is O=C(O)[C@]12COCC[C@H]1CN(CCc1ccc(O)cc1)C2. The average molecular weight is 291 g/mol. The van der Waals surface area contributed by atoms with E-state index < -0.39 is 11.4 Å². The van der Waals surface area contributed by atoms with Crippen molar-refractivity contribution in [1.29, 1.82) is 0 Å². The number of phenols is 1. The van der Waals surface area contributed by atoms with Crippen LogP contribution in [-0.4, -0.2) is 53.9 Å². The Labute approximate surface area is 124 Å². The second kappa shape index (κ2) is 5.66. The van der Waals surface area contributed by atoms with Crippen molar-refractivity contribution in [3.8, 4) is 5.75 Å². The molecule has 2 aliphatic rings. The van der Waals surface area contributed by atoms with Gasteiger partial charge >= 0.3 is 5.97 Å². The first-order valence-electron chi connectivity index (χ1n) is 7.41. The molecule has 5 nitrogen and oxygen atoms in total. The number of fused-ring (bicyclic) bond motifs is 1. The van der Waals surface area contributed by atoms with Crippen molar-refractivity contribution in [2.75, 3.05) is 32.8 Å². The molecule has 0 amide bonds. The van der Waals surface area contributed by atoms with E-state index in [0.717, 1.165) is 31.5 Å². The number of benzene rings is 1. The van der Waals surface area contributed by atoms with Gasteiger partial charge < -0.3 is 19.8 Å². The molecule has 114 valence electrons. The summed E-state index contributed by atoms with van der Waals surface area (Å²) in [7, 11) is 0. The van der Waals surface area contributed by atoms with E-state index in [4.69, 9.17) is 4.74 Å². The molecule has 0 saturated carbocycles. The summed E-state index contributed by atoms with van der Waals surface area (Å²) in [5.41, 5.74) is 0.441. The van der Waals surface area contributed by atoms with Gasteiger partial charge in [0.25, 0.3) is 0 Å². The summed E-state index contributed by atoms with van der Waals surface area (Å²) in [6, 6.07) is 7.19. The van der Waals surface area contributed by atoms with E-state index in [9.17, 15) is 15.0 Å². The highest BCUT2D eigenvalue weighted by atomic mass is 16.5. The van der Waals surface area contributed by atoms with E-state index in [1.165, 1.54) is 0 Å². The number of phenolic OH excluding ortho intramolecular Hbond substituents is 1. The van der Waals surface area contributed by atoms with Crippen LogP contribution in [0.3, 0.4) is 0 Å². The predicted molar refractivity (Wildman–Crippen MR) is 77.2 cm³/mol. The monoisotopic (exact) mass is 291 g/mol. The van der Waals surface area contributed by atoms with Gasteiger partial charge in [0.05, 0.1) is 6.61 Å². The summed E-state index contributed by atoms with van der Waals surface area (Å²) in [5.74, 6) is -0.254. The molecular formula is C16H21NO4.